The van der Waals surface area contributed by atoms with Crippen molar-refractivity contribution in [3.63, 3.8) is 0 Å². The van der Waals surface area contributed by atoms with E-state index >= 15 is 0 Å². The SMILES string of the molecule is CCOC(=O)c1sc(NC(=O)CCSc2ccccc2)nc1-c1ccccc1. The molecule has 1 amide bonds. The van der Waals surface area contributed by atoms with Gasteiger partial charge in [0.1, 0.15) is 4.88 Å². The van der Waals surface area contributed by atoms with Gasteiger partial charge in [-0.3, -0.25) is 4.79 Å². The summed E-state index contributed by atoms with van der Waals surface area (Å²) in [5.41, 5.74) is 1.33. The summed E-state index contributed by atoms with van der Waals surface area (Å²) in [6.07, 6.45) is 0.356. The Kier molecular flexibility index (Phi) is 7.22. The number of benzene rings is 2. The number of carbonyl (C=O) groups excluding carboxylic acids is 2. The highest BCUT2D eigenvalue weighted by atomic mass is 32.2. The first-order valence-corrected chi connectivity index (χ1v) is 10.7. The van der Waals surface area contributed by atoms with Gasteiger partial charge in [0.2, 0.25) is 5.91 Å². The molecule has 0 aliphatic rings. The average Bonchev–Trinajstić information content (AvgIpc) is 3.13. The lowest BCUT2D eigenvalue weighted by molar-refractivity contribution is -0.115. The average molecular weight is 413 g/mol. The Bertz CT molecular complexity index is 927. The van der Waals surface area contributed by atoms with Crippen molar-refractivity contribution in [3.8, 4) is 11.3 Å². The van der Waals surface area contributed by atoms with Crippen LogP contribution in [0.4, 0.5) is 5.13 Å². The van der Waals surface area contributed by atoms with E-state index in [2.05, 4.69) is 10.3 Å². The third-order valence-electron chi connectivity index (χ3n) is 3.72. The van der Waals surface area contributed by atoms with Crippen molar-refractivity contribution in [2.45, 2.75) is 18.2 Å². The quantitative estimate of drug-likeness (QED) is 0.411. The van der Waals surface area contributed by atoms with Gasteiger partial charge in [-0.2, -0.15) is 0 Å². The van der Waals surface area contributed by atoms with Crippen LogP contribution in [0.3, 0.4) is 0 Å². The minimum atomic E-state index is -0.431. The molecule has 1 aromatic heterocycles. The van der Waals surface area contributed by atoms with Gasteiger partial charge in [-0.05, 0) is 19.1 Å². The first kappa shape index (κ1) is 20.1. The molecule has 2 aromatic carbocycles. The molecule has 0 fully saturated rings. The number of aromatic nitrogens is 1. The Hall–Kier alpha value is -2.64. The minimum absolute atomic E-state index is 0.132. The van der Waals surface area contributed by atoms with Crippen LogP contribution >= 0.6 is 23.1 Å². The standard InChI is InChI=1S/C21H20N2O3S2/c1-2-26-20(25)19-18(15-9-5-3-6-10-15)23-21(28-19)22-17(24)13-14-27-16-11-7-4-8-12-16/h3-12H,2,13-14H2,1H3,(H,22,23,24). The number of hydrogen-bond donors (Lipinski definition) is 1. The van der Waals surface area contributed by atoms with Crippen molar-refractivity contribution in [2.75, 3.05) is 17.7 Å². The van der Waals surface area contributed by atoms with Crippen molar-refractivity contribution in [1.82, 2.24) is 4.98 Å². The fraction of sp³-hybridized carbons (Fsp3) is 0.190. The number of rotatable bonds is 8. The second-order valence-electron chi connectivity index (χ2n) is 5.74. The van der Waals surface area contributed by atoms with E-state index < -0.39 is 5.97 Å². The van der Waals surface area contributed by atoms with Crippen LogP contribution in [0.15, 0.2) is 65.6 Å². The Morgan fingerprint density at radius 1 is 1.07 bits per heavy atom. The molecule has 3 aromatic rings. The first-order chi connectivity index (χ1) is 13.7. The van der Waals surface area contributed by atoms with Crippen LogP contribution in [0.2, 0.25) is 0 Å². The number of carbonyl (C=O) groups is 2. The van der Waals surface area contributed by atoms with Gasteiger partial charge < -0.3 is 10.1 Å². The van der Waals surface area contributed by atoms with Crippen molar-refractivity contribution in [2.24, 2.45) is 0 Å². The summed E-state index contributed by atoms with van der Waals surface area (Å²) in [5.74, 6) is 0.100. The smallest absolute Gasteiger partial charge is 0.350 e. The fourth-order valence-corrected chi connectivity index (χ4v) is 4.23. The molecule has 5 nitrogen and oxygen atoms in total. The largest absolute Gasteiger partial charge is 0.462 e. The maximum Gasteiger partial charge on any atom is 0.350 e. The zero-order valence-electron chi connectivity index (χ0n) is 15.4. The van der Waals surface area contributed by atoms with Crippen LogP contribution in [0.1, 0.15) is 23.0 Å². The second kappa shape index (κ2) is 10.1. The lowest BCUT2D eigenvalue weighted by Gasteiger charge is -2.02. The number of nitrogens with zero attached hydrogens (tertiary/aromatic N) is 1. The predicted octanol–water partition coefficient (Wildman–Crippen LogP) is 5.11. The van der Waals surface area contributed by atoms with E-state index in [0.29, 0.717) is 27.9 Å². The van der Waals surface area contributed by atoms with E-state index in [-0.39, 0.29) is 12.5 Å². The van der Waals surface area contributed by atoms with Crippen LogP contribution in [-0.4, -0.2) is 29.2 Å². The van der Waals surface area contributed by atoms with Gasteiger partial charge in [-0.1, -0.05) is 59.9 Å². The van der Waals surface area contributed by atoms with Gasteiger partial charge in [-0.25, -0.2) is 9.78 Å². The molecule has 0 radical (unpaired) electrons. The van der Waals surface area contributed by atoms with Gasteiger partial charge in [0, 0.05) is 22.6 Å². The molecule has 144 valence electrons. The maximum absolute atomic E-state index is 12.3. The van der Waals surface area contributed by atoms with Gasteiger partial charge in [-0.15, -0.1) is 11.8 Å². The van der Waals surface area contributed by atoms with Gasteiger partial charge in [0.25, 0.3) is 0 Å². The highest BCUT2D eigenvalue weighted by Gasteiger charge is 2.21. The molecule has 28 heavy (non-hydrogen) atoms. The summed E-state index contributed by atoms with van der Waals surface area (Å²) in [4.78, 5) is 30.6. The molecule has 0 spiro atoms. The molecule has 0 aliphatic heterocycles. The summed E-state index contributed by atoms with van der Waals surface area (Å²) < 4.78 is 5.14. The number of anilines is 1. The first-order valence-electron chi connectivity index (χ1n) is 8.88. The number of ether oxygens (including phenoxy) is 1. The zero-order chi connectivity index (χ0) is 19.8. The molecule has 0 unspecified atom stereocenters. The fourth-order valence-electron chi connectivity index (χ4n) is 2.46. The molecule has 0 atom stereocenters. The molecule has 0 bridgehead atoms. The van der Waals surface area contributed by atoms with Crippen LogP contribution in [0.5, 0.6) is 0 Å². The summed E-state index contributed by atoms with van der Waals surface area (Å²) in [6.45, 7) is 2.04. The number of amides is 1. The normalized spacial score (nSPS) is 10.5. The highest BCUT2D eigenvalue weighted by molar-refractivity contribution is 7.99. The lowest BCUT2D eigenvalue weighted by Crippen LogP contribution is -2.11. The number of nitrogens with one attached hydrogen (secondary N) is 1. The summed E-state index contributed by atoms with van der Waals surface area (Å²) in [7, 11) is 0. The van der Waals surface area contributed by atoms with Crippen LogP contribution in [-0.2, 0) is 9.53 Å². The Balaban J connectivity index is 1.67. The van der Waals surface area contributed by atoms with E-state index in [4.69, 9.17) is 4.74 Å². The number of thiazole rings is 1. The predicted molar refractivity (Wildman–Crippen MR) is 114 cm³/mol. The summed E-state index contributed by atoms with van der Waals surface area (Å²) in [5, 5.41) is 3.20. The lowest BCUT2D eigenvalue weighted by atomic mass is 10.1. The Morgan fingerprint density at radius 3 is 2.43 bits per heavy atom. The van der Waals surface area contributed by atoms with E-state index in [9.17, 15) is 9.59 Å². The maximum atomic E-state index is 12.3. The van der Waals surface area contributed by atoms with Crippen LogP contribution in [0, 0.1) is 0 Å². The van der Waals surface area contributed by atoms with Crippen molar-refractivity contribution in [3.05, 3.63) is 65.5 Å². The molecule has 1 heterocycles. The molecule has 7 heteroatoms. The van der Waals surface area contributed by atoms with E-state index in [1.54, 1.807) is 18.7 Å². The van der Waals surface area contributed by atoms with Crippen LogP contribution < -0.4 is 5.32 Å². The molecular weight excluding hydrogens is 392 g/mol. The van der Waals surface area contributed by atoms with Crippen molar-refractivity contribution < 1.29 is 14.3 Å². The number of esters is 1. The van der Waals surface area contributed by atoms with Gasteiger partial charge in [0.05, 0.1) is 12.3 Å². The Labute approximate surface area is 172 Å². The van der Waals surface area contributed by atoms with E-state index in [1.165, 1.54) is 0 Å². The molecule has 3 rings (SSSR count). The minimum Gasteiger partial charge on any atom is -0.462 e. The topological polar surface area (TPSA) is 68.3 Å². The molecule has 0 saturated heterocycles. The molecular formula is C21H20N2O3S2. The molecule has 1 N–H and O–H groups in total. The third kappa shape index (κ3) is 5.43. The Morgan fingerprint density at radius 2 is 1.75 bits per heavy atom. The van der Waals surface area contributed by atoms with Crippen molar-refractivity contribution in [1.29, 1.82) is 0 Å². The number of hydrogen-bond acceptors (Lipinski definition) is 6. The summed E-state index contributed by atoms with van der Waals surface area (Å²) in [6, 6.07) is 19.3. The van der Waals surface area contributed by atoms with E-state index in [0.717, 1.165) is 21.8 Å². The van der Waals surface area contributed by atoms with Crippen LogP contribution in [0.25, 0.3) is 11.3 Å². The zero-order valence-corrected chi connectivity index (χ0v) is 17.0. The third-order valence-corrected chi connectivity index (χ3v) is 5.69. The van der Waals surface area contributed by atoms with Gasteiger partial charge >= 0.3 is 5.97 Å². The summed E-state index contributed by atoms with van der Waals surface area (Å²) >= 11 is 2.76. The second-order valence-corrected chi connectivity index (χ2v) is 7.91. The van der Waals surface area contributed by atoms with Gasteiger partial charge in [0.15, 0.2) is 5.13 Å². The van der Waals surface area contributed by atoms with Crippen molar-refractivity contribution >= 4 is 40.1 Å². The molecule has 0 saturated carbocycles. The highest BCUT2D eigenvalue weighted by Crippen LogP contribution is 2.32. The molecule has 0 aliphatic carbocycles. The van der Waals surface area contributed by atoms with E-state index in [1.807, 2.05) is 60.7 Å². The monoisotopic (exact) mass is 412 g/mol. The number of thioether (sulfide) groups is 1.